The van der Waals surface area contributed by atoms with Crippen molar-refractivity contribution in [2.75, 3.05) is 18.5 Å². The maximum atomic E-state index is 13.3. The van der Waals surface area contributed by atoms with Crippen molar-refractivity contribution < 1.29 is 14.3 Å². The fourth-order valence-corrected chi connectivity index (χ4v) is 3.83. The van der Waals surface area contributed by atoms with Crippen LogP contribution in [-0.4, -0.2) is 34.1 Å². The van der Waals surface area contributed by atoms with Crippen molar-refractivity contribution in [3.8, 4) is 5.75 Å². The zero-order chi connectivity index (χ0) is 26.1. The molecule has 2 amide bonds. The van der Waals surface area contributed by atoms with Crippen molar-refractivity contribution in [3.05, 3.63) is 69.4 Å². The van der Waals surface area contributed by atoms with Crippen LogP contribution in [0.1, 0.15) is 40.0 Å². The van der Waals surface area contributed by atoms with Gasteiger partial charge >= 0.3 is 5.69 Å². The third-order valence-electron chi connectivity index (χ3n) is 5.63. The Bertz CT molecular complexity index is 1310. The molecule has 2 N–H and O–H groups in total. The van der Waals surface area contributed by atoms with E-state index in [-0.39, 0.29) is 19.0 Å². The second kappa shape index (κ2) is 12.7. The Kier molecular flexibility index (Phi) is 9.44. The smallest absolute Gasteiger partial charge is 0.331 e. The fourth-order valence-electron chi connectivity index (χ4n) is 3.83. The molecule has 1 heterocycles. The predicted octanol–water partition coefficient (Wildman–Crippen LogP) is 3.14. The summed E-state index contributed by atoms with van der Waals surface area (Å²) in [6, 6.07) is 13.7. The monoisotopic (exact) mass is 494 g/mol. The van der Waals surface area contributed by atoms with E-state index in [9.17, 15) is 19.2 Å². The number of benzene rings is 2. The number of amides is 2. The number of fused-ring (bicyclic) bond motifs is 1. The van der Waals surface area contributed by atoms with Gasteiger partial charge in [0.15, 0.2) is 0 Å². The highest BCUT2D eigenvalue weighted by atomic mass is 16.5. The topological polar surface area (TPSA) is 111 Å². The van der Waals surface area contributed by atoms with E-state index in [4.69, 9.17) is 4.74 Å². The van der Waals surface area contributed by atoms with E-state index in [1.54, 1.807) is 48.5 Å². The standard InChI is InChI=1S/C27H34N4O5/c1-4-36-21-14-12-20(13-15-21)29-25(33)18-31-23-10-6-5-9-22(23)26(34)30(27(31)35)16-8-7-11-24(32)28-17-19(2)3/h5-6,9-10,12-15,19H,4,7-8,11,16-18H2,1-3H3,(H,28,32)(H,29,33). The van der Waals surface area contributed by atoms with Crippen molar-refractivity contribution in [2.45, 2.75) is 53.1 Å². The molecule has 9 nitrogen and oxygen atoms in total. The molecule has 0 aliphatic carbocycles. The van der Waals surface area contributed by atoms with Crippen molar-refractivity contribution in [3.63, 3.8) is 0 Å². The molecular formula is C27H34N4O5. The Morgan fingerprint density at radius 2 is 1.67 bits per heavy atom. The molecule has 3 aromatic rings. The molecule has 9 heteroatoms. The van der Waals surface area contributed by atoms with E-state index >= 15 is 0 Å². The largest absolute Gasteiger partial charge is 0.494 e. The SMILES string of the molecule is CCOc1ccc(NC(=O)Cn2c(=O)n(CCCCC(=O)NCC(C)C)c(=O)c3ccccc32)cc1. The van der Waals surface area contributed by atoms with Crippen molar-refractivity contribution in [1.29, 1.82) is 0 Å². The van der Waals surface area contributed by atoms with Crippen molar-refractivity contribution >= 4 is 28.4 Å². The number of nitrogens with zero attached hydrogens (tertiary/aromatic N) is 2. The number of hydrogen-bond donors (Lipinski definition) is 2. The van der Waals surface area contributed by atoms with Crippen LogP contribution in [-0.2, 0) is 22.7 Å². The summed E-state index contributed by atoms with van der Waals surface area (Å²) in [6.07, 6.45) is 1.36. The lowest BCUT2D eigenvalue weighted by molar-refractivity contribution is -0.121. The average molecular weight is 495 g/mol. The van der Waals surface area contributed by atoms with Crippen LogP contribution in [0.5, 0.6) is 5.75 Å². The minimum absolute atomic E-state index is 0.0436. The molecular weight excluding hydrogens is 460 g/mol. The molecule has 0 aliphatic rings. The van der Waals surface area contributed by atoms with E-state index in [2.05, 4.69) is 10.6 Å². The molecule has 2 aromatic carbocycles. The summed E-state index contributed by atoms with van der Waals surface area (Å²) in [5, 5.41) is 6.01. The van der Waals surface area contributed by atoms with Crippen molar-refractivity contribution in [2.24, 2.45) is 5.92 Å². The molecule has 0 atom stereocenters. The van der Waals surface area contributed by atoms with Crippen LogP contribution in [0.15, 0.2) is 58.1 Å². The molecule has 0 unspecified atom stereocenters. The van der Waals surface area contributed by atoms with Gasteiger partial charge in [-0.3, -0.25) is 23.5 Å². The zero-order valence-electron chi connectivity index (χ0n) is 21.1. The first-order valence-corrected chi connectivity index (χ1v) is 12.3. The summed E-state index contributed by atoms with van der Waals surface area (Å²) >= 11 is 0. The summed E-state index contributed by atoms with van der Waals surface area (Å²) in [5.74, 6) is 0.633. The highest BCUT2D eigenvalue weighted by Crippen LogP contribution is 2.16. The summed E-state index contributed by atoms with van der Waals surface area (Å²) in [6.45, 7) is 7.02. The summed E-state index contributed by atoms with van der Waals surface area (Å²) < 4.78 is 7.88. The van der Waals surface area contributed by atoms with Crippen molar-refractivity contribution in [1.82, 2.24) is 14.5 Å². The normalized spacial score (nSPS) is 11.0. The first kappa shape index (κ1) is 26.7. The number of hydrogen-bond acceptors (Lipinski definition) is 5. The molecule has 0 bridgehead atoms. The van der Waals surface area contributed by atoms with Gasteiger partial charge in [0, 0.05) is 25.2 Å². The van der Waals surface area contributed by atoms with Gasteiger partial charge in [-0.1, -0.05) is 26.0 Å². The van der Waals surface area contributed by atoms with Gasteiger partial charge in [-0.2, -0.15) is 0 Å². The van der Waals surface area contributed by atoms with Gasteiger partial charge in [0.05, 0.1) is 17.5 Å². The molecule has 1 aromatic heterocycles. The maximum absolute atomic E-state index is 13.3. The second-order valence-electron chi connectivity index (χ2n) is 9.00. The molecule has 0 spiro atoms. The van der Waals surface area contributed by atoms with Gasteiger partial charge in [0.1, 0.15) is 12.3 Å². The van der Waals surface area contributed by atoms with Gasteiger partial charge in [-0.15, -0.1) is 0 Å². The lowest BCUT2D eigenvalue weighted by Gasteiger charge is -2.14. The van der Waals surface area contributed by atoms with Crippen LogP contribution >= 0.6 is 0 Å². The van der Waals surface area contributed by atoms with Gasteiger partial charge in [0.25, 0.3) is 5.56 Å². The first-order valence-electron chi connectivity index (χ1n) is 12.3. The number of unbranched alkanes of at least 4 members (excludes halogenated alkanes) is 1. The molecule has 3 rings (SSSR count). The third kappa shape index (κ3) is 7.07. The third-order valence-corrected chi connectivity index (χ3v) is 5.63. The molecule has 0 radical (unpaired) electrons. The van der Waals surface area contributed by atoms with Crippen LogP contribution in [0.3, 0.4) is 0 Å². The number of carbonyl (C=O) groups is 2. The zero-order valence-corrected chi connectivity index (χ0v) is 21.1. The van der Waals surface area contributed by atoms with Gasteiger partial charge in [-0.25, -0.2) is 4.79 Å². The first-order chi connectivity index (χ1) is 17.3. The minimum atomic E-state index is -0.551. The average Bonchev–Trinajstić information content (AvgIpc) is 2.86. The summed E-state index contributed by atoms with van der Waals surface area (Å²) in [5.41, 5.74) is 0.0244. The van der Waals surface area contributed by atoms with Crippen LogP contribution in [0, 0.1) is 5.92 Å². The number of rotatable bonds is 12. The van der Waals surface area contributed by atoms with E-state index in [0.717, 1.165) is 4.57 Å². The Hall–Kier alpha value is -3.88. The Morgan fingerprint density at radius 1 is 0.944 bits per heavy atom. The number of aromatic nitrogens is 2. The Labute approximate surface area is 210 Å². The van der Waals surface area contributed by atoms with E-state index in [1.165, 1.54) is 4.57 Å². The Morgan fingerprint density at radius 3 is 2.36 bits per heavy atom. The molecule has 0 fully saturated rings. The maximum Gasteiger partial charge on any atom is 0.331 e. The lowest BCUT2D eigenvalue weighted by Crippen LogP contribution is -2.41. The van der Waals surface area contributed by atoms with Gasteiger partial charge in [-0.05, 0) is 62.1 Å². The summed E-state index contributed by atoms with van der Waals surface area (Å²) in [4.78, 5) is 51.0. The molecule has 0 aliphatic heterocycles. The minimum Gasteiger partial charge on any atom is -0.494 e. The summed E-state index contributed by atoms with van der Waals surface area (Å²) in [7, 11) is 0. The van der Waals surface area contributed by atoms with Crippen LogP contribution in [0.2, 0.25) is 0 Å². The lowest BCUT2D eigenvalue weighted by atomic mass is 10.2. The molecule has 192 valence electrons. The highest BCUT2D eigenvalue weighted by molar-refractivity contribution is 5.91. The quantitative estimate of drug-likeness (QED) is 0.376. The van der Waals surface area contributed by atoms with E-state index in [0.29, 0.717) is 60.7 Å². The predicted molar refractivity (Wildman–Crippen MR) is 140 cm³/mol. The highest BCUT2D eigenvalue weighted by Gasteiger charge is 2.15. The number of anilines is 1. The number of carbonyl (C=O) groups excluding carboxylic acids is 2. The number of ether oxygens (including phenoxy) is 1. The van der Waals surface area contributed by atoms with E-state index < -0.39 is 17.2 Å². The fraction of sp³-hybridized carbons (Fsp3) is 0.407. The van der Waals surface area contributed by atoms with Crippen LogP contribution in [0.25, 0.3) is 10.9 Å². The number of para-hydroxylation sites is 1. The van der Waals surface area contributed by atoms with Crippen LogP contribution < -0.4 is 26.6 Å². The van der Waals surface area contributed by atoms with E-state index in [1.807, 2.05) is 20.8 Å². The van der Waals surface area contributed by atoms with Crippen LogP contribution in [0.4, 0.5) is 5.69 Å². The second-order valence-corrected chi connectivity index (χ2v) is 9.00. The molecule has 0 saturated heterocycles. The van der Waals surface area contributed by atoms with Gasteiger partial charge in [0.2, 0.25) is 11.8 Å². The Balaban J connectivity index is 1.75. The number of nitrogens with one attached hydrogen (secondary N) is 2. The molecule has 36 heavy (non-hydrogen) atoms. The molecule has 0 saturated carbocycles. The van der Waals surface area contributed by atoms with Gasteiger partial charge < -0.3 is 15.4 Å².